The van der Waals surface area contributed by atoms with Crippen LogP contribution in [-0.2, 0) is 9.53 Å². The van der Waals surface area contributed by atoms with Gasteiger partial charge in [0.1, 0.15) is 0 Å². The van der Waals surface area contributed by atoms with Gasteiger partial charge in [-0.3, -0.25) is 9.69 Å². The first kappa shape index (κ1) is 27.5. The van der Waals surface area contributed by atoms with E-state index in [-0.39, 0.29) is 19.3 Å². The molecule has 36 heavy (non-hydrogen) atoms. The average molecular weight is 495 g/mol. The highest BCUT2D eigenvalue weighted by molar-refractivity contribution is 5.89. The molecule has 2 aliphatic rings. The number of carbonyl (C=O) groups is 2. The maximum Gasteiger partial charge on any atom is 0.338 e. The molecule has 1 N–H and O–H groups in total. The topological polar surface area (TPSA) is 65.1 Å². The van der Waals surface area contributed by atoms with Crippen LogP contribution in [0.1, 0.15) is 49.5 Å². The molecule has 1 amide bonds. The van der Waals surface area contributed by atoms with Gasteiger partial charge in [-0.2, -0.15) is 0 Å². The van der Waals surface area contributed by atoms with Crippen LogP contribution in [0.4, 0.5) is 11.4 Å². The fourth-order valence-electron chi connectivity index (χ4n) is 4.82. The van der Waals surface area contributed by atoms with Crippen molar-refractivity contribution < 1.29 is 14.3 Å². The summed E-state index contributed by atoms with van der Waals surface area (Å²) in [4.78, 5) is 31.5. The minimum atomic E-state index is -0.293. The molecule has 0 aromatic heterocycles. The molecule has 2 saturated heterocycles. The fraction of sp³-hybridized carbons (Fsp3) is 0.517. The number of carbonyl (C=O) groups excluding carboxylic acids is 2. The number of rotatable bonds is 8. The largest absolute Gasteiger partial charge is 0.462 e. The lowest BCUT2D eigenvalue weighted by atomic mass is 10.0. The smallest absolute Gasteiger partial charge is 0.338 e. The molecule has 0 bridgehead atoms. The highest BCUT2D eigenvalue weighted by Crippen LogP contribution is 2.20. The fourth-order valence-corrected chi connectivity index (χ4v) is 4.82. The number of piperazine rings is 1. The van der Waals surface area contributed by atoms with Gasteiger partial charge in [0.05, 0.1) is 12.2 Å². The van der Waals surface area contributed by atoms with Crippen LogP contribution in [0.5, 0.6) is 0 Å². The van der Waals surface area contributed by atoms with Crippen LogP contribution < -0.4 is 10.2 Å². The Hall–Kier alpha value is -3.06. The summed E-state index contributed by atoms with van der Waals surface area (Å²) in [5.74, 6) is -0.0257. The number of amides is 1. The number of piperidine rings is 1. The van der Waals surface area contributed by atoms with Gasteiger partial charge in [-0.05, 0) is 63.1 Å². The summed E-state index contributed by atoms with van der Waals surface area (Å²) in [7, 11) is 0. The Morgan fingerprint density at radius 1 is 0.917 bits per heavy atom. The number of anilines is 2. The van der Waals surface area contributed by atoms with E-state index < -0.39 is 0 Å². The van der Waals surface area contributed by atoms with Gasteiger partial charge in [0.25, 0.3) is 0 Å². The van der Waals surface area contributed by atoms with Crippen LogP contribution in [0.2, 0.25) is 0 Å². The maximum atomic E-state index is 12.8. The molecule has 196 valence electrons. The Morgan fingerprint density at radius 2 is 1.56 bits per heavy atom. The van der Waals surface area contributed by atoms with Crippen molar-refractivity contribution in [1.82, 2.24) is 9.80 Å². The molecule has 7 heteroatoms. The van der Waals surface area contributed by atoms with Crippen molar-refractivity contribution >= 4 is 23.3 Å². The lowest BCUT2D eigenvalue weighted by molar-refractivity contribution is -0.132. The van der Waals surface area contributed by atoms with Gasteiger partial charge >= 0.3 is 5.97 Å². The van der Waals surface area contributed by atoms with E-state index in [0.717, 1.165) is 64.3 Å². The molecule has 7 nitrogen and oxygen atoms in total. The van der Waals surface area contributed by atoms with E-state index in [9.17, 15) is 9.59 Å². The number of aryl methyl sites for hydroxylation is 1. The second kappa shape index (κ2) is 13.3. The monoisotopic (exact) mass is 494 g/mol. The molecular weight excluding hydrogens is 452 g/mol. The first-order valence-electron chi connectivity index (χ1n) is 12.9. The zero-order valence-corrected chi connectivity index (χ0v) is 21.0. The van der Waals surface area contributed by atoms with Crippen molar-refractivity contribution in [2.75, 3.05) is 62.6 Å². The maximum absolute atomic E-state index is 12.8. The zero-order valence-electron chi connectivity index (χ0n) is 21.0. The van der Waals surface area contributed by atoms with Crippen LogP contribution in [0, 0.1) is 6.92 Å². The highest BCUT2D eigenvalue weighted by Gasteiger charge is 2.24. The van der Waals surface area contributed by atoms with Gasteiger partial charge in [0.2, 0.25) is 5.91 Å². The zero-order chi connectivity index (χ0) is 24.6. The van der Waals surface area contributed by atoms with E-state index in [4.69, 9.17) is 4.74 Å². The molecule has 2 fully saturated rings. The molecule has 4 rings (SSSR count). The number of esters is 1. The first-order chi connectivity index (χ1) is 17.0. The Bertz CT molecular complexity index is 961. The second-order valence-corrected chi connectivity index (χ2v) is 9.51. The van der Waals surface area contributed by atoms with Crippen molar-refractivity contribution in [2.45, 2.75) is 46.6 Å². The molecule has 0 aliphatic carbocycles. The van der Waals surface area contributed by atoms with Gasteiger partial charge in [0.15, 0.2) is 0 Å². The number of hydrogen-bond donors (Lipinski definition) is 1. The standard InChI is InChI=1S/C28H38N4O3.CH4/c1-3-35-28(34)23-6-8-24(9-7-23)29-25-12-16-32(17-13-25)27(33)14-15-30-18-20-31(21-19-30)26-10-4-22(2)5-11-26;/h4-11,25,29H,3,12-21H2,1-2H3;1H4. The summed E-state index contributed by atoms with van der Waals surface area (Å²) < 4.78 is 5.04. The van der Waals surface area contributed by atoms with Crippen LogP contribution >= 0.6 is 0 Å². The number of ether oxygens (including phenoxy) is 1. The Morgan fingerprint density at radius 3 is 2.17 bits per heavy atom. The summed E-state index contributed by atoms with van der Waals surface area (Å²) in [6, 6.07) is 16.5. The van der Waals surface area contributed by atoms with E-state index >= 15 is 0 Å². The quantitative estimate of drug-likeness (QED) is 0.548. The molecule has 2 aromatic carbocycles. The van der Waals surface area contributed by atoms with E-state index in [2.05, 4.69) is 46.3 Å². The Kier molecular flexibility index (Phi) is 10.2. The average Bonchev–Trinajstić information content (AvgIpc) is 2.89. The SMILES string of the molecule is C.CCOC(=O)c1ccc(NC2CCN(C(=O)CCN3CCN(c4ccc(C)cc4)CC3)CC2)cc1. The van der Waals surface area contributed by atoms with Crippen molar-refractivity contribution in [3.8, 4) is 0 Å². The third-order valence-corrected chi connectivity index (χ3v) is 7.03. The summed E-state index contributed by atoms with van der Waals surface area (Å²) in [6.45, 7) is 10.7. The summed E-state index contributed by atoms with van der Waals surface area (Å²) in [5.41, 5.74) is 4.13. The van der Waals surface area contributed by atoms with Crippen LogP contribution in [0.15, 0.2) is 48.5 Å². The second-order valence-electron chi connectivity index (χ2n) is 9.51. The predicted octanol–water partition coefficient (Wildman–Crippen LogP) is 4.42. The number of nitrogens with zero attached hydrogens (tertiary/aromatic N) is 3. The molecule has 2 aliphatic heterocycles. The molecule has 2 heterocycles. The lowest BCUT2D eigenvalue weighted by Gasteiger charge is -2.37. The third kappa shape index (κ3) is 7.47. The van der Waals surface area contributed by atoms with Crippen LogP contribution in [0.25, 0.3) is 0 Å². The minimum absolute atomic E-state index is 0. The van der Waals surface area contributed by atoms with Gasteiger partial charge < -0.3 is 19.9 Å². The lowest BCUT2D eigenvalue weighted by Crippen LogP contribution is -2.48. The van der Waals surface area contributed by atoms with E-state index in [0.29, 0.717) is 24.6 Å². The van der Waals surface area contributed by atoms with Crippen LogP contribution in [0.3, 0.4) is 0 Å². The molecule has 0 saturated carbocycles. The molecule has 2 aromatic rings. The summed E-state index contributed by atoms with van der Waals surface area (Å²) in [6.07, 6.45) is 2.46. The van der Waals surface area contributed by atoms with Crippen molar-refractivity contribution in [3.05, 3.63) is 59.7 Å². The molecular formula is C29H42N4O3. The highest BCUT2D eigenvalue weighted by atomic mass is 16.5. The van der Waals surface area contributed by atoms with Gasteiger partial charge in [-0.15, -0.1) is 0 Å². The molecule has 0 radical (unpaired) electrons. The van der Waals surface area contributed by atoms with Gasteiger partial charge in [-0.1, -0.05) is 25.1 Å². The molecule has 0 spiro atoms. The van der Waals surface area contributed by atoms with E-state index in [1.807, 2.05) is 17.0 Å². The van der Waals surface area contributed by atoms with Crippen molar-refractivity contribution in [2.24, 2.45) is 0 Å². The van der Waals surface area contributed by atoms with Crippen molar-refractivity contribution in [1.29, 1.82) is 0 Å². The van der Waals surface area contributed by atoms with Crippen molar-refractivity contribution in [3.63, 3.8) is 0 Å². The predicted molar refractivity (Wildman–Crippen MR) is 147 cm³/mol. The van der Waals surface area contributed by atoms with Gasteiger partial charge in [-0.25, -0.2) is 4.79 Å². The number of benzene rings is 2. The number of likely N-dealkylation sites (tertiary alicyclic amines) is 1. The summed E-state index contributed by atoms with van der Waals surface area (Å²) in [5, 5.41) is 3.54. The first-order valence-corrected chi connectivity index (χ1v) is 12.9. The molecule has 0 atom stereocenters. The Labute approximate surface area is 216 Å². The van der Waals surface area contributed by atoms with E-state index in [1.165, 1.54) is 11.3 Å². The minimum Gasteiger partial charge on any atom is -0.462 e. The Balaban J connectivity index is 0.00000361. The van der Waals surface area contributed by atoms with Crippen LogP contribution in [-0.4, -0.2) is 80.1 Å². The normalized spacial score (nSPS) is 16.8. The van der Waals surface area contributed by atoms with Gasteiger partial charge in [0, 0.05) is 69.7 Å². The number of hydrogen-bond acceptors (Lipinski definition) is 6. The van der Waals surface area contributed by atoms with E-state index in [1.54, 1.807) is 19.1 Å². The molecule has 0 unspecified atom stereocenters. The number of nitrogens with one attached hydrogen (secondary N) is 1. The summed E-state index contributed by atoms with van der Waals surface area (Å²) >= 11 is 0. The third-order valence-electron chi connectivity index (χ3n) is 7.03.